The predicted molar refractivity (Wildman–Crippen MR) is 83.8 cm³/mol. The number of halogens is 5. The average Bonchev–Trinajstić information content (AvgIpc) is 2.50. The van der Waals surface area contributed by atoms with Crippen molar-refractivity contribution < 1.29 is 22.4 Å². The van der Waals surface area contributed by atoms with E-state index in [1.54, 1.807) is 6.92 Å². The van der Waals surface area contributed by atoms with E-state index < -0.39 is 34.7 Å². The van der Waals surface area contributed by atoms with E-state index in [4.69, 9.17) is 11.6 Å². The van der Waals surface area contributed by atoms with Gasteiger partial charge < -0.3 is 5.32 Å². The molecule has 1 aromatic carbocycles. The number of nitrogens with zero attached hydrogens (tertiary/aromatic N) is 2. The summed E-state index contributed by atoms with van der Waals surface area (Å²) in [4.78, 5) is 23.5. The molecule has 0 unspecified atom stereocenters. The number of aryl methyl sites for hydroxylation is 1. The van der Waals surface area contributed by atoms with Crippen molar-refractivity contribution in [3.8, 4) is 11.3 Å². The van der Waals surface area contributed by atoms with Crippen LogP contribution in [0.4, 0.5) is 23.2 Å². The van der Waals surface area contributed by atoms with Crippen LogP contribution in [0, 0.1) is 5.82 Å². The zero-order valence-electron chi connectivity index (χ0n) is 13.0. The maximum absolute atomic E-state index is 14.2. The summed E-state index contributed by atoms with van der Waals surface area (Å²) in [6, 6.07) is 2.24. The number of carbonyl (C=O) groups excluding carboxylic acids is 1. The molecule has 1 heterocycles. The number of amides is 1. The highest BCUT2D eigenvalue weighted by Gasteiger charge is 2.34. The molecular formula is C15H12ClF4N3O2. The van der Waals surface area contributed by atoms with Gasteiger partial charge in [-0.05, 0) is 12.1 Å². The van der Waals surface area contributed by atoms with Gasteiger partial charge in [0.1, 0.15) is 17.2 Å². The monoisotopic (exact) mass is 377 g/mol. The van der Waals surface area contributed by atoms with Crippen molar-refractivity contribution in [2.75, 3.05) is 5.32 Å². The molecule has 0 aliphatic heterocycles. The Hall–Kier alpha value is -2.42. The van der Waals surface area contributed by atoms with Gasteiger partial charge in [-0.2, -0.15) is 18.3 Å². The number of aromatic nitrogens is 2. The zero-order chi connectivity index (χ0) is 18.9. The Kier molecular flexibility index (Phi) is 5.17. The molecule has 2 aromatic rings. The van der Waals surface area contributed by atoms with Crippen LogP contribution in [0.15, 0.2) is 23.0 Å². The summed E-state index contributed by atoms with van der Waals surface area (Å²) in [6.07, 6.45) is -4.65. The first kappa shape index (κ1) is 18.9. The topological polar surface area (TPSA) is 64.0 Å². The molecule has 1 N–H and O–H groups in total. The molecule has 0 radical (unpaired) electrons. The second kappa shape index (κ2) is 6.83. The standard InChI is InChI=1S/C15H12ClF4N3O2/c1-3-13(25)21-10-4-7(9(17)5-8(10)16)14-11(24)6-12(15(18,19)20)23(2)22-14/h4-6H,3H2,1-2H3,(H,21,25). The molecular weight excluding hydrogens is 366 g/mol. The Morgan fingerprint density at radius 3 is 2.52 bits per heavy atom. The molecule has 134 valence electrons. The molecule has 2 rings (SSSR count). The Labute approximate surface area is 144 Å². The summed E-state index contributed by atoms with van der Waals surface area (Å²) >= 11 is 5.84. The third-order valence-corrected chi connectivity index (χ3v) is 3.61. The van der Waals surface area contributed by atoms with Crippen LogP contribution < -0.4 is 10.7 Å². The summed E-state index contributed by atoms with van der Waals surface area (Å²) in [6.45, 7) is 1.58. The van der Waals surface area contributed by atoms with Gasteiger partial charge in [-0.25, -0.2) is 4.39 Å². The van der Waals surface area contributed by atoms with Crippen LogP contribution >= 0.6 is 11.6 Å². The molecule has 0 saturated carbocycles. The fourth-order valence-corrected chi connectivity index (χ4v) is 2.25. The second-order valence-corrected chi connectivity index (χ2v) is 5.48. The van der Waals surface area contributed by atoms with Crippen LogP contribution in [0.25, 0.3) is 11.3 Å². The molecule has 0 spiro atoms. The Morgan fingerprint density at radius 1 is 1.32 bits per heavy atom. The quantitative estimate of drug-likeness (QED) is 0.831. The van der Waals surface area contributed by atoms with E-state index in [-0.39, 0.29) is 22.7 Å². The van der Waals surface area contributed by atoms with Crippen LogP contribution in [0.5, 0.6) is 0 Å². The largest absolute Gasteiger partial charge is 0.433 e. The van der Waals surface area contributed by atoms with Gasteiger partial charge >= 0.3 is 6.18 Å². The molecule has 0 aliphatic rings. The van der Waals surface area contributed by atoms with E-state index in [2.05, 4.69) is 10.4 Å². The normalized spacial score (nSPS) is 11.5. The molecule has 1 aromatic heterocycles. The molecule has 1 amide bonds. The van der Waals surface area contributed by atoms with E-state index >= 15 is 0 Å². The van der Waals surface area contributed by atoms with E-state index in [9.17, 15) is 27.2 Å². The fraction of sp³-hybridized carbons (Fsp3) is 0.267. The van der Waals surface area contributed by atoms with Crippen LogP contribution in [0.2, 0.25) is 5.02 Å². The van der Waals surface area contributed by atoms with E-state index in [1.807, 2.05) is 0 Å². The number of alkyl halides is 3. The number of hydrogen-bond donors (Lipinski definition) is 1. The lowest BCUT2D eigenvalue weighted by molar-refractivity contribution is -0.144. The van der Waals surface area contributed by atoms with Gasteiger partial charge in [0.2, 0.25) is 11.3 Å². The van der Waals surface area contributed by atoms with Gasteiger partial charge in [-0.15, -0.1) is 0 Å². The van der Waals surface area contributed by atoms with E-state index in [0.29, 0.717) is 10.7 Å². The zero-order valence-corrected chi connectivity index (χ0v) is 13.8. The first-order chi connectivity index (χ1) is 11.5. The minimum absolute atomic E-state index is 0.0219. The van der Waals surface area contributed by atoms with Crippen LogP contribution in [-0.4, -0.2) is 15.7 Å². The van der Waals surface area contributed by atoms with Gasteiger partial charge in [-0.1, -0.05) is 18.5 Å². The van der Waals surface area contributed by atoms with Crippen LogP contribution in [-0.2, 0) is 18.0 Å². The SMILES string of the molecule is CCC(=O)Nc1cc(-c2nn(C)c(C(F)(F)F)cc2=O)c(F)cc1Cl. The van der Waals surface area contributed by atoms with E-state index in [0.717, 1.165) is 19.2 Å². The average molecular weight is 378 g/mol. The highest BCUT2D eigenvalue weighted by Crippen LogP contribution is 2.31. The van der Waals surface area contributed by atoms with Crippen LogP contribution in [0.3, 0.4) is 0 Å². The van der Waals surface area contributed by atoms with Crippen molar-refractivity contribution >= 4 is 23.2 Å². The lowest BCUT2D eigenvalue weighted by Crippen LogP contribution is -2.23. The number of anilines is 1. The summed E-state index contributed by atoms with van der Waals surface area (Å²) in [5, 5.41) is 5.82. The molecule has 0 aliphatic carbocycles. The van der Waals surface area contributed by atoms with Crippen molar-refractivity contribution in [3.63, 3.8) is 0 Å². The number of benzene rings is 1. The van der Waals surface area contributed by atoms with Crippen molar-refractivity contribution in [2.24, 2.45) is 7.05 Å². The maximum atomic E-state index is 14.2. The fourth-order valence-electron chi connectivity index (χ4n) is 2.06. The third kappa shape index (κ3) is 3.98. The van der Waals surface area contributed by atoms with Gasteiger partial charge in [0.05, 0.1) is 10.7 Å². The highest BCUT2D eigenvalue weighted by atomic mass is 35.5. The van der Waals surface area contributed by atoms with Crippen molar-refractivity contribution in [3.05, 3.63) is 45.0 Å². The molecule has 0 atom stereocenters. The van der Waals surface area contributed by atoms with E-state index in [1.165, 1.54) is 0 Å². The smallest absolute Gasteiger partial charge is 0.325 e. The van der Waals surface area contributed by atoms with Crippen LogP contribution in [0.1, 0.15) is 19.0 Å². The lowest BCUT2D eigenvalue weighted by Gasteiger charge is -2.13. The second-order valence-electron chi connectivity index (χ2n) is 5.08. The van der Waals surface area contributed by atoms with Gasteiger partial charge in [0.15, 0.2) is 0 Å². The van der Waals surface area contributed by atoms with Crippen molar-refractivity contribution in [1.29, 1.82) is 0 Å². The Bertz CT molecular complexity index is 894. The first-order valence-corrected chi connectivity index (χ1v) is 7.37. The summed E-state index contributed by atoms with van der Waals surface area (Å²) in [7, 11) is 0.985. The maximum Gasteiger partial charge on any atom is 0.433 e. The molecule has 0 fully saturated rings. The molecule has 5 nitrogen and oxygen atoms in total. The highest BCUT2D eigenvalue weighted by molar-refractivity contribution is 6.33. The molecule has 0 bridgehead atoms. The molecule has 0 saturated heterocycles. The predicted octanol–water partition coefficient (Wildman–Crippen LogP) is 3.61. The minimum atomic E-state index is -4.78. The van der Waals surface area contributed by atoms with Gasteiger partial charge in [-0.3, -0.25) is 14.3 Å². The van der Waals surface area contributed by atoms with Gasteiger partial charge in [0, 0.05) is 25.1 Å². The lowest BCUT2D eigenvalue weighted by atomic mass is 10.1. The minimum Gasteiger partial charge on any atom is -0.325 e. The van der Waals surface area contributed by atoms with Gasteiger partial charge in [0.25, 0.3) is 0 Å². The summed E-state index contributed by atoms with van der Waals surface area (Å²) in [5.41, 5.74) is -3.26. The van der Waals surface area contributed by atoms with Crippen molar-refractivity contribution in [2.45, 2.75) is 19.5 Å². The summed E-state index contributed by atoms with van der Waals surface area (Å²) in [5.74, 6) is -1.36. The number of nitrogens with one attached hydrogen (secondary N) is 1. The number of hydrogen-bond acceptors (Lipinski definition) is 3. The first-order valence-electron chi connectivity index (χ1n) is 6.99. The Morgan fingerprint density at radius 2 is 1.96 bits per heavy atom. The molecule has 25 heavy (non-hydrogen) atoms. The van der Waals surface area contributed by atoms with Crippen molar-refractivity contribution in [1.82, 2.24) is 9.78 Å². The Balaban J connectivity index is 2.62. The number of carbonyl (C=O) groups is 1. The molecule has 10 heteroatoms. The summed E-state index contributed by atoms with van der Waals surface area (Å²) < 4.78 is 53.0. The number of rotatable bonds is 3. The third-order valence-electron chi connectivity index (χ3n) is 3.30.